The van der Waals surface area contributed by atoms with E-state index in [0.29, 0.717) is 16.3 Å². The van der Waals surface area contributed by atoms with Gasteiger partial charge in [-0.15, -0.1) is 0 Å². The van der Waals surface area contributed by atoms with Gasteiger partial charge in [-0.2, -0.15) is 0 Å². The zero-order valence-corrected chi connectivity index (χ0v) is 13.0. The molecule has 2 rings (SSSR count). The minimum atomic E-state index is -3.88. The summed E-state index contributed by atoms with van der Waals surface area (Å²) in [5.74, 6) is -0.199. The van der Waals surface area contributed by atoms with Crippen molar-refractivity contribution in [3.63, 3.8) is 0 Å². The summed E-state index contributed by atoms with van der Waals surface area (Å²) in [5, 5.41) is 0.486. The normalized spacial score (nSPS) is 11.0. The predicted octanol–water partition coefficient (Wildman–Crippen LogP) is 2.30. The highest BCUT2D eigenvalue weighted by Gasteiger charge is 2.19. The number of rotatable bonds is 4. The van der Waals surface area contributed by atoms with E-state index in [1.54, 1.807) is 19.1 Å². The van der Waals surface area contributed by atoms with E-state index in [4.69, 9.17) is 17.3 Å². The SMILES string of the molecule is Cc1cnc(OC(N)=O)cc1S(=O)(=O)Nc1ccc(Cl)cc1. The van der Waals surface area contributed by atoms with Crippen molar-refractivity contribution >= 4 is 33.4 Å². The number of nitrogens with zero attached hydrogens (tertiary/aromatic N) is 1. The van der Waals surface area contributed by atoms with E-state index in [2.05, 4.69) is 14.4 Å². The summed E-state index contributed by atoms with van der Waals surface area (Å²) in [4.78, 5) is 14.4. The number of ether oxygens (including phenoxy) is 1. The Kier molecular flexibility index (Phi) is 4.53. The number of carbonyl (C=O) groups excluding carboxylic acids is 1. The maximum Gasteiger partial charge on any atom is 0.411 e. The van der Waals surface area contributed by atoms with Crippen LogP contribution in [0, 0.1) is 6.92 Å². The fourth-order valence-electron chi connectivity index (χ4n) is 1.66. The van der Waals surface area contributed by atoms with Crippen LogP contribution in [-0.4, -0.2) is 19.5 Å². The van der Waals surface area contributed by atoms with Gasteiger partial charge in [0, 0.05) is 23.0 Å². The van der Waals surface area contributed by atoms with Gasteiger partial charge in [0.15, 0.2) is 0 Å². The van der Waals surface area contributed by atoms with Crippen molar-refractivity contribution in [1.82, 2.24) is 4.98 Å². The monoisotopic (exact) mass is 341 g/mol. The van der Waals surface area contributed by atoms with Crippen LogP contribution in [0.2, 0.25) is 5.02 Å². The fraction of sp³-hybridized carbons (Fsp3) is 0.0769. The first-order valence-electron chi connectivity index (χ1n) is 6.00. The van der Waals surface area contributed by atoms with Crippen LogP contribution < -0.4 is 15.2 Å². The lowest BCUT2D eigenvalue weighted by Crippen LogP contribution is -2.18. The second kappa shape index (κ2) is 6.20. The van der Waals surface area contributed by atoms with Gasteiger partial charge in [-0.3, -0.25) is 4.72 Å². The number of aromatic nitrogens is 1. The molecule has 0 aliphatic carbocycles. The number of pyridine rings is 1. The minimum absolute atomic E-state index is 0.0753. The average molecular weight is 342 g/mol. The molecule has 0 spiro atoms. The lowest BCUT2D eigenvalue weighted by atomic mass is 10.3. The quantitative estimate of drug-likeness (QED) is 0.886. The van der Waals surface area contributed by atoms with Crippen LogP contribution in [0.1, 0.15) is 5.56 Å². The number of amides is 1. The third kappa shape index (κ3) is 3.86. The first-order valence-corrected chi connectivity index (χ1v) is 7.86. The van der Waals surface area contributed by atoms with Gasteiger partial charge in [-0.25, -0.2) is 18.2 Å². The summed E-state index contributed by atoms with van der Waals surface area (Å²) in [6, 6.07) is 7.29. The second-order valence-corrected chi connectivity index (χ2v) is 6.41. The highest BCUT2D eigenvalue weighted by atomic mass is 35.5. The molecular formula is C13H12ClN3O4S. The van der Waals surface area contributed by atoms with Gasteiger partial charge >= 0.3 is 6.09 Å². The molecule has 7 nitrogen and oxygen atoms in total. The summed E-state index contributed by atoms with van der Waals surface area (Å²) >= 11 is 5.75. The highest BCUT2D eigenvalue weighted by Crippen LogP contribution is 2.23. The molecule has 0 aliphatic heterocycles. The van der Waals surface area contributed by atoms with Crippen LogP contribution in [0.3, 0.4) is 0 Å². The Hall–Kier alpha value is -2.32. The van der Waals surface area contributed by atoms with E-state index in [9.17, 15) is 13.2 Å². The minimum Gasteiger partial charge on any atom is -0.391 e. The number of hydrogen-bond donors (Lipinski definition) is 2. The Morgan fingerprint density at radius 2 is 1.95 bits per heavy atom. The van der Waals surface area contributed by atoms with Crippen LogP contribution in [0.4, 0.5) is 10.5 Å². The first-order chi connectivity index (χ1) is 10.3. The van der Waals surface area contributed by atoms with Crippen molar-refractivity contribution in [1.29, 1.82) is 0 Å². The summed E-state index contributed by atoms with van der Waals surface area (Å²) in [6.45, 7) is 1.57. The Balaban J connectivity index is 2.35. The Morgan fingerprint density at radius 1 is 1.32 bits per heavy atom. The number of sulfonamides is 1. The highest BCUT2D eigenvalue weighted by molar-refractivity contribution is 7.92. The standard InChI is InChI=1S/C13H12ClN3O4S/c1-8-7-16-12(21-13(15)18)6-11(8)22(19,20)17-10-4-2-9(14)3-5-10/h2-7,17H,1H3,(H2,15,18). The second-order valence-electron chi connectivity index (χ2n) is 4.32. The molecule has 1 amide bonds. The van der Waals surface area contributed by atoms with Crippen LogP contribution in [0.25, 0.3) is 0 Å². The van der Waals surface area contributed by atoms with E-state index < -0.39 is 16.1 Å². The maximum absolute atomic E-state index is 12.4. The van der Waals surface area contributed by atoms with Gasteiger partial charge in [0.25, 0.3) is 10.0 Å². The van der Waals surface area contributed by atoms with Crippen molar-refractivity contribution < 1.29 is 17.9 Å². The maximum atomic E-state index is 12.4. The molecule has 22 heavy (non-hydrogen) atoms. The average Bonchev–Trinajstić information content (AvgIpc) is 2.42. The van der Waals surface area contributed by atoms with Gasteiger partial charge in [0.05, 0.1) is 4.90 Å². The van der Waals surface area contributed by atoms with Crippen LogP contribution in [0.5, 0.6) is 5.88 Å². The number of nitrogens with one attached hydrogen (secondary N) is 1. The zero-order valence-electron chi connectivity index (χ0n) is 11.4. The molecule has 2 aromatic rings. The van der Waals surface area contributed by atoms with E-state index >= 15 is 0 Å². The number of primary amides is 1. The van der Waals surface area contributed by atoms with Crippen LogP contribution in [-0.2, 0) is 10.0 Å². The third-order valence-corrected chi connectivity index (χ3v) is 4.40. The number of aryl methyl sites for hydroxylation is 1. The number of nitrogens with two attached hydrogens (primary N) is 1. The molecule has 1 heterocycles. The smallest absolute Gasteiger partial charge is 0.391 e. The molecule has 9 heteroatoms. The topological polar surface area (TPSA) is 111 Å². The molecular weight excluding hydrogens is 330 g/mol. The molecule has 116 valence electrons. The van der Waals surface area contributed by atoms with Crippen molar-refractivity contribution in [2.75, 3.05) is 4.72 Å². The Morgan fingerprint density at radius 3 is 2.55 bits per heavy atom. The van der Waals surface area contributed by atoms with Gasteiger partial charge in [0.1, 0.15) is 0 Å². The van der Waals surface area contributed by atoms with Gasteiger partial charge in [-0.05, 0) is 36.8 Å². The molecule has 0 saturated heterocycles. The zero-order chi connectivity index (χ0) is 16.3. The molecule has 0 unspecified atom stereocenters. The Labute approximate surface area is 132 Å². The number of carbonyl (C=O) groups is 1. The van der Waals surface area contributed by atoms with E-state index in [1.165, 1.54) is 18.3 Å². The van der Waals surface area contributed by atoms with Crippen LogP contribution in [0.15, 0.2) is 41.4 Å². The summed E-state index contributed by atoms with van der Waals surface area (Å²) < 4.78 is 31.8. The summed E-state index contributed by atoms with van der Waals surface area (Å²) in [5.41, 5.74) is 5.61. The molecule has 0 aliphatic rings. The first kappa shape index (κ1) is 16.1. The van der Waals surface area contributed by atoms with E-state index in [1.807, 2.05) is 0 Å². The molecule has 3 N–H and O–H groups in total. The molecule has 1 aromatic heterocycles. The molecule has 0 radical (unpaired) electrons. The molecule has 0 atom stereocenters. The summed E-state index contributed by atoms with van der Waals surface area (Å²) in [6.07, 6.45) is 0.194. The van der Waals surface area contributed by atoms with Crippen molar-refractivity contribution in [3.05, 3.63) is 47.1 Å². The number of halogens is 1. The largest absolute Gasteiger partial charge is 0.411 e. The molecule has 1 aromatic carbocycles. The third-order valence-electron chi connectivity index (χ3n) is 2.62. The van der Waals surface area contributed by atoms with Gasteiger partial charge in [0.2, 0.25) is 5.88 Å². The van der Waals surface area contributed by atoms with Gasteiger partial charge in [-0.1, -0.05) is 11.6 Å². The van der Waals surface area contributed by atoms with Gasteiger partial charge < -0.3 is 10.5 Å². The molecule has 0 bridgehead atoms. The van der Waals surface area contributed by atoms with Crippen LogP contribution >= 0.6 is 11.6 Å². The number of benzene rings is 1. The number of anilines is 1. The lowest BCUT2D eigenvalue weighted by Gasteiger charge is -2.11. The van der Waals surface area contributed by atoms with Crippen molar-refractivity contribution in [2.24, 2.45) is 5.73 Å². The van der Waals surface area contributed by atoms with E-state index in [-0.39, 0.29) is 10.8 Å². The Bertz CT molecular complexity index is 807. The molecule has 0 fully saturated rings. The van der Waals surface area contributed by atoms with E-state index in [0.717, 1.165) is 6.07 Å². The van der Waals surface area contributed by atoms with Crippen molar-refractivity contribution in [2.45, 2.75) is 11.8 Å². The van der Waals surface area contributed by atoms with Crippen molar-refractivity contribution in [3.8, 4) is 5.88 Å². The molecule has 0 saturated carbocycles. The lowest BCUT2D eigenvalue weighted by molar-refractivity contribution is 0.209. The fourth-order valence-corrected chi connectivity index (χ4v) is 3.08. The summed E-state index contributed by atoms with van der Waals surface area (Å²) in [7, 11) is -3.88. The predicted molar refractivity (Wildman–Crippen MR) is 81.4 cm³/mol. The number of hydrogen-bond acceptors (Lipinski definition) is 5.